The Kier molecular flexibility index (Phi) is 5.79. The molecule has 6 nitrogen and oxygen atoms in total. The van der Waals surface area contributed by atoms with Crippen molar-refractivity contribution in [1.29, 1.82) is 0 Å². The number of aryl methyl sites for hydroxylation is 1. The Labute approximate surface area is 196 Å². The summed E-state index contributed by atoms with van der Waals surface area (Å²) in [6.07, 6.45) is 0.948. The largest absolute Gasteiger partial charge is 0.325 e. The molecule has 3 aromatic rings. The second kappa shape index (κ2) is 9.03. The third kappa shape index (κ3) is 4.19. The summed E-state index contributed by atoms with van der Waals surface area (Å²) in [4.78, 5) is 37.0. The first kappa shape index (κ1) is 21.2. The fraction of sp³-hybridized carbons (Fsp3) is 0.154. The second-order valence-electron chi connectivity index (χ2n) is 7.74. The lowest BCUT2D eigenvalue weighted by Gasteiger charge is -2.25. The Hall–Kier alpha value is -3.71. The van der Waals surface area contributed by atoms with Crippen molar-refractivity contribution >= 4 is 46.0 Å². The first-order chi connectivity index (χ1) is 16.1. The Morgan fingerprint density at radius 3 is 2.48 bits per heavy atom. The van der Waals surface area contributed by atoms with Gasteiger partial charge in [0.25, 0.3) is 5.91 Å². The Morgan fingerprint density at radius 1 is 1.00 bits per heavy atom. The van der Waals surface area contributed by atoms with Gasteiger partial charge in [-0.25, -0.2) is 14.9 Å². The number of thioether (sulfide) groups is 1. The van der Waals surface area contributed by atoms with Gasteiger partial charge in [0.1, 0.15) is 5.84 Å². The van der Waals surface area contributed by atoms with E-state index in [1.54, 1.807) is 4.90 Å². The van der Waals surface area contributed by atoms with Gasteiger partial charge in [0.2, 0.25) is 5.91 Å². The maximum absolute atomic E-state index is 13.4. The van der Waals surface area contributed by atoms with Crippen LogP contribution in [-0.2, 0) is 16.0 Å². The molecule has 0 unspecified atom stereocenters. The number of aliphatic imine (C=N–C) groups is 2. The average Bonchev–Trinajstić information content (AvgIpc) is 3.21. The van der Waals surface area contributed by atoms with E-state index in [1.807, 2.05) is 78.9 Å². The molecule has 1 atom stereocenters. The highest BCUT2D eigenvalue weighted by Gasteiger charge is 2.42. The van der Waals surface area contributed by atoms with Gasteiger partial charge in [-0.3, -0.25) is 9.59 Å². The number of rotatable bonds is 5. The summed E-state index contributed by atoms with van der Waals surface area (Å²) in [5.74, 6) is 0.393. The predicted octanol–water partition coefficient (Wildman–Crippen LogP) is 4.95. The van der Waals surface area contributed by atoms with Crippen LogP contribution in [-0.4, -0.2) is 33.5 Å². The minimum Gasteiger partial charge on any atom is -0.325 e. The van der Waals surface area contributed by atoms with Crippen molar-refractivity contribution in [1.82, 2.24) is 4.90 Å². The van der Waals surface area contributed by atoms with Crippen molar-refractivity contribution in [3.05, 3.63) is 95.6 Å². The van der Waals surface area contributed by atoms with E-state index >= 15 is 0 Å². The number of fused-ring (bicyclic) bond motifs is 3. The summed E-state index contributed by atoms with van der Waals surface area (Å²) >= 11 is 1.24. The smallest absolute Gasteiger partial charge is 0.263 e. The SMILES string of the molecule is CCc1ccc(NC(=O)CSC2=Nc3ccccc3C3=N[C@@H](c4ccccc4)C(=O)N23)cc1. The van der Waals surface area contributed by atoms with Crippen LogP contribution in [0.25, 0.3) is 0 Å². The molecule has 0 aliphatic carbocycles. The first-order valence-electron chi connectivity index (χ1n) is 10.8. The maximum Gasteiger partial charge on any atom is 0.263 e. The fourth-order valence-corrected chi connectivity index (χ4v) is 4.65. The summed E-state index contributed by atoms with van der Waals surface area (Å²) < 4.78 is 0. The van der Waals surface area contributed by atoms with Crippen LogP contribution in [0.1, 0.15) is 29.7 Å². The zero-order valence-electron chi connectivity index (χ0n) is 18.1. The lowest BCUT2D eigenvalue weighted by Crippen LogP contribution is -2.40. The summed E-state index contributed by atoms with van der Waals surface area (Å²) in [6, 6.07) is 24.3. The van der Waals surface area contributed by atoms with Crippen molar-refractivity contribution in [2.45, 2.75) is 19.4 Å². The number of anilines is 1. The van der Waals surface area contributed by atoms with Crippen molar-refractivity contribution in [3.8, 4) is 0 Å². The van der Waals surface area contributed by atoms with Gasteiger partial charge in [-0.1, -0.05) is 73.3 Å². The van der Waals surface area contributed by atoms with Crippen molar-refractivity contribution in [3.63, 3.8) is 0 Å². The Bertz CT molecular complexity index is 1270. The molecule has 0 aromatic heterocycles. The van der Waals surface area contributed by atoms with Crippen LogP contribution >= 0.6 is 11.8 Å². The molecule has 0 saturated carbocycles. The van der Waals surface area contributed by atoms with E-state index in [2.05, 4.69) is 12.2 Å². The minimum atomic E-state index is -0.621. The van der Waals surface area contributed by atoms with Gasteiger partial charge < -0.3 is 5.32 Å². The quantitative estimate of drug-likeness (QED) is 0.593. The van der Waals surface area contributed by atoms with Gasteiger partial charge >= 0.3 is 0 Å². The molecule has 2 heterocycles. The molecule has 7 heteroatoms. The highest BCUT2D eigenvalue weighted by molar-refractivity contribution is 8.14. The van der Waals surface area contributed by atoms with Crippen molar-refractivity contribution in [2.24, 2.45) is 9.98 Å². The van der Waals surface area contributed by atoms with E-state index in [-0.39, 0.29) is 17.6 Å². The van der Waals surface area contributed by atoms with Crippen LogP contribution in [0.2, 0.25) is 0 Å². The van der Waals surface area contributed by atoms with Crippen LogP contribution in [0.15, 0.2) is 88.8 Å². The molecule has 0 bridgehead atoms. The molecule has 3 aromatic carbocycles. The Balaban J connectivity index is 1.37. The molecule has 0 radical (unpaired) electrons. The average molecular weight is 455 g/mol. The molecule has 164 valence electrons. The number of amides is 2. The molecular weight excluding hydrogens is 432 g/mol. The van der Waals surface area contributed by atoms with Gasteiger partial charge in [0, 0.05) is 11.3 Å². The minimum absolute atomic E-state index is 0.129. The van der Waals surface area contributed by atoms with Gasteiger partial charge in [-0.15, -0.1) is 0 Å². The number of hydrogen-bond donors (Lipinski definition) is 1. The molecule has 0 saturated heterocycles. The number of para-hydroxylation sites is 1. The fourth-order valence-electron chi connectivity index (χ4n) is 3.85. The zero-order chi connectivity index (χ0) is 22.8. The lowest BCUT2D eigenvalue weighted by atomic mass is 10.1. The van der Waals surface area contributed by atoms with Crippen molar-refractivity contribution < 1.29 is 9.59 Å². The summed E-state index contributed by atoms with van der Waals surface area (Å²) in [5, 5.41) is 3.37. The van der Waals surface area contributed by atoms with E-state index in [0.717, 1.165) is 28.9 Å². The molecular formula is C26H22N4O2S. The van der Waals surface area contributed by atoms with Crippen LogP contribution in [0.3, 0.4) is 0 Å². The molecule has 2 aliphatic heterocycles. The van der Waals surface area contributed by atoms with Crippen molar-refractivity contribution in [2.75, 3.05) is 11.1 Å². The van der Waals surface area contributed by atoms with Crippen LogP contribution in [0.5, 0.6) is 0 Å². The summed E-state index contributed by atoms with van der Waals surface area (Å²) in [6.45, 7) is 2.09. The van der Waals surface area contributed by atoms with Gasteiger partial charge in [-0.2, -0.15) is 0 Å². The highest BCUT2D eigenvalue weighted by atomic mass is 32.2. The molecule has 0 spiro atoms. The molecule has 2 amide bonds. The van der Waals surface area contributed by atoms with E-state index in [1.165, 1.54) is 17.3 Å². The second-order valence-corrected chi connectivity index (χ2v) is 8.68. The first-order valence-corrected chi connectivity index (χ1v) is 11.8. The topological polar surface area (TPSA) is 74.1 Å². The summed E-state index contributed by atoms with van der Waals surface area (Å²) in [7, 11) is 0. The third-order valence-electron chi connectivity index (χ3n) is 5.56. The summed E-state index contributed by atoms with van der Waals surface area (Å²) in [5.41, 5.74) is 4.35. The molecule has 33 heavy (non-hydrogen) atoms. The number of nitrogens with zero attached hydrogens (tertiary/aromatic N) is 3. The van der Waals surface area contributed by atoms with Gasteiger partial charge in [-0.05, 0) is 41.8 Å². The third-order valence-corrected chi connectivity index (χ3v) is 6.50. The normalized spacial score (nSPS) is 16.6. The number of nitrogens with one attached hydrogen (secondary N) is 1. The molecule has 5 rings (SSSR count). The molecule has 2 aliphatic rings. The number of hydrogen-bond acceptors (Lipinski definition) is 5. The number of amidine groups is 2. The molecule has 0 fully saturated rings. The standard InChI is InChI=1S/C26H22N4O2S/c1-2-17-12-14-19(15-13-17)27-22(31)16-33-26-28-21-11-7-6-10-20(21)24-29-23(25(32)30(24)26)18-8-4-3-5-9-18/h3-15,23H,2,16H2,1H3,(H,27,31)/t23-/m0/s1. The Morgan fingerprint density at radius 2 is 1.73 bits per heavy atom. The zero-order valence-corrected chi connectivity index (χ0v) is 18.9. The number of benzene rings is 3. The highest BCUT2D eigenvalue weighted by Crippen LogP contribution is 2.37. The van der Waals surface area contributed by atoms with E-state index < -0.39 is 6.04 Å². The van der Waals surface area contributed by atoms with Gasteiger partial charge in [0.15, 0.2) is 11.2 Å². The lowest BCUT2D eigenvalue weighted by molar-refractivity contribution is -0.124. The molecule has 1 N–H and O–H groups in total. The predicted molar refractivity (Wildman–Crippen MR) is 133 cm³/mol. The maximum atomic E-state index is 13.4. The van der Waals surface area contributed by atoms with E-state index in [0.29, 0.717) is 11.0 Å². The van der Waals surface area contributed by atoms with Crippen LogP contribution in [0, 0.1) is 0 Å². The number of carbonyl (C=O) groups excluding carboxylic acids is 2. The monoisotopic (exact) mass is 454 g/mol. The van der Waals surface area contributed by atoms with E-state index in [9.17, 15) is 9.59 Å². The van der Waals surface area contributed by atoms with Crippen LogP contribution in [0.4, 0.5) is 11.4 Å². The van der Waals surface area contributed by atoms with Gasteiger partial charge in [0.05, 0.1) is 11.4 Å². The number of carbonyl (C=O) groups is 2. The van der Waals surface area contributed by atoms with E-state index in [4.69, 9.17) is 9.98 Å². The van der Waals surface area contributed by atoms with Crippen LogP contribution < -0.4 is 5.32 Å².